The van der Waals surface area contributed by atoms with Gasteiger partial charge in [-0.1, -0.05) is 6.07 Å². The van der Waals surface area contributed by atoms with Crippen molar-refractivity contribution in [3.05, 3.63) is 29.8 Å². The zero-order chi connectivity index (χ0) is 18.4. The summed E-state index contributed by atoms with van der Waals surface area (Å²) in [5, 5.41) is 0. The number of ether oxygens (including phenoxy) is 2. The predicted molar refractivity (Wildman–Crippen MR) is 98.3 cm³/mol. The van der Waals surface area contributed by atoms with E-state index in [9.17, 15) is 9.59 Å². The average Bonchev–Trinajstić information content (AvgIpc) is 3.22. The fraction of sp³-hybridized carbons (Fsp3) is 0.600. The summed E-state index contributed by atoms with van der Waals surface area (Å²) in [6.45, 7) is 5.16. The summed E-state index contributed by atoms with van der Waals surface area (Å²) >= 11 is 0. The van der Waals surface area contributed by atoms with Crippen LogP contribution in [-0.2, 0) is 9.53 Å². The van der Waals surface area contributed by atoms with Gasteiger partial charge in [0, 0.05) is 25.6 Å². The van der Waals surface area contributed by atoms with Gasteiger partial charge in [0.15, 0.2) is 0 Å². The quantitative estimate of drug-likeness (QED) is 0.728. The smallest absolute Gasteiger partial charge is 0.337 e. The lowest BCUT2D eigenvalue weighted by molar-refractivity contribution is -0.136. The molecule has 6 nitrogen and oxygen atoms in total. The van der Waals surface area contributed by atoms with Gasteiger partial charge in [0.25, 0.3) is 0 Å². The van der Waals surface area contributed by atoms with E-state index in [1.165, 1.54) is 7.11 Å². The Bertz CT molecular complexity index is 620. The first kappa shape index (κ1) is 18.7. The third-order valence-electron chi connectivity index (χ3n) is 5.29. The molecule has 0 bridgehead atoms. The number of esters is 1. The molecule has 1 aromatic rings. The molecule has 3 rings (SSSR count). The highest BCUT2D eigenvalue weighted by Crippen LogP contribution is 2.22. The number of hydrogen-bond donors (Lipinski definition) is 0. The zero-order valence-electron chi connectivity index (χ0n) is 15.5. The van der Waals surface area contributed by atoms with E-state index in [0.717, 1.165) is 58.4 Å². The molecule has 1 aromatic carbocycles. The van der Waals surface area contributed by atoms with E-state index < -0.39 is 0 Å². The first-order valence-corrected chi connectivity index (χ1v) is 9.49. The van der Waals surface area contributed by atoms with Gasteiger partial charge in [-0.2, -0.15) is 0 Å². The summed E-state index contributed by atoms with van der Waals surface area (Å²) in [6.07, 6.45) is 4.18. The number of benzene rings is 1. The van der Waals surface area contributed by atoms with Crippen LogP contribution in [0.5, 0.6) is 5.75 Å². The minimum absolute atomic E-state index is 0.196. The first-order chi connectivity index (χ1) is 12.7. The molecule has 2 aliphatic heterocycles. The van der Waals surface area contributed by atoms with Gasteiger partial charge in [0.2, 0.25) is 5.91 Å². The molecule has 2 heterocycles. The maximum absolute atomic E-state index is 12.5. The van der Waals surface area contributed by atoms with Gasteiger partial charge in [-0.3, -0.25) is 9.69 Å². The van der Waals surface area contributed by atoms with Gasteiger partial charge in [-0.25, -0.2) is 4.79 Å². The number of piperidine rings is 1. The van der Waals surface area contributed by atoms with Crippen molar-refractivity contribution in [3.63, 3.8) is 0 Å². The van der Waals surface area contributed by atoms with Crippen molar-refractivity contribution in [2.24, 2.45) is 5.92 Å². The monoisotopic (exact) mass is 360 g/mol. The summed E-state index contributed by atoms with van der Waals surface area (Å²) in [5.41, 5.74) is 0.492. The summed E-state index contributed by atoms with van der Waals surface area (Å²) in [4.78, 5) is 28.4. The molecule has 0 aromatic heterocycles. The number of likely N-dealkylation sites (tertiary alicyclic amines) is 2. The van der Waals surface area contributed by atoms with Crippen LogP contribution in [0.2, 0.25) is 0 Å². The Morgan fingerprint density at radius 3 is 2.54 bits per heavy atom. The second kappa shape index (κ2) is 9.03. The predicted octanol–water partition coefficient (Wildman–Crippen LogP) is 2.19. The van der Waals surface area contributed by atoms with Crippen LogP contribution in [0.25, 0.3) is 0 Å². The highest BCUT2D eigenvalue weighted by Gasteiger charge is 2.29. The molecule has 1 amide bonds. The van der Waals surface area contributed by atoms with Crippen molar-refractivity contribution in [2.45, 2.75) is 25.7 Å². The Hall–Kier alpha value is -2.08. The molecule has 0 saturated carbocycles. The molecule has 0 spiro atoms. The summed E-state index contributed by atoms with van der Waals surface area (Å²) in [5.74, 6) is 0.868. The van der Waals surface area contributed by atoms with E-state index in [2.05, 4.69) is 4.90 Å². The minimum Gasteiger partial charge on any atom is -0.492 e. The van der Waals surface area contributed by atoms with Gasteiger partial charge < -0.3 is 14.4 Å². The van der Waals surface area contributed by atoms with Crippen LogP contribution < -0.4 is 4.74 Å². The lowest BCUT2D eigenvalue weighted by Crippen LogP contribution is -2.42. The Kier molecular flexibility index (Phi) is 6.50. The van der Waals surface area contributed by atoms with E-state index in [-0.39, 0.29) is 11.9 Å². The molecular weight excluding hydrogens is 332 g/mol. The molecule has 2 fully saturated rings. The minimum atomic E-state index is -0.361. The second-order valence-electron chi connectivity index (χ2n) is 7.02. The molecule has 0 unspecified atom stereocenters. The highest BCUT2D eigenvalue weighted by molar-refractivity contribution is 5.89. The number of methoxy groups -OCH3 is 1. The van der Waals surface area contributed by atoms with Gasteiger partial charge in [0.1, 0.15) is 12.4 Å². The van der Waals surface area contributed by atoms with Crippen molar-refractivity contribution in [2.75, 3.05) is 46.4 Å². The van der Waals surface area contributed by atoms with Crippen molar-refractivity contribution < 1.29 is 19.1 Å². The zero-order valence-corrected chi connectivity index (χ0v) is 15.5. The first-order valence-electron chi connectivity index (χ1n) is 9.49. The number of hydrogen-bond acceptors (Lipinski definition) is 5. The van der Waals surface area contributed by atoms with Crippen LogP contribution in [0.4, 0.5) is 0 Å². The summed E-state index contributed by atoms with van der Waals surface area (Å²) in [6, 6.07) is 7.04. The lowest BCUT2D eigenvalue weighted by atomic mass is 9.95. The van der Waals surface area contributed by atoms with Gasteiger partial charge in [-0.05, 0) is 57.0 Å². The largest absolute Gasteiger partial charge is 0.492 e. The third-order valence-corrected chi connectivity index (χ3v) is 5.29. The number of rotatable bonds is 6. The van der Waals surface area contributed by atoms with Crippen LogP contribution in [-0.4, -0.2) is 68.1 Å². The van der Waals surface area contributed by atoms with Crippen LogP contribution in [0.1, 0.15) is 36.0 Å². The van der Waals surface area contributed by atoms with E-state index >= 15 is 0 Å². The van der Waals surface area contributed by atoms with Crippen molar-refractivity contribution in [3.8, 4) is 5.75 Å². The Balaban J connectivity index is 1.39. The SMILES string of the molecule is COC(=O)c1cccc(OCCN2CCC(C(=O)N3CCCC3)CC2)c1. The fourth-order valence-corrected chi connectivity index (χ4v) is 3.72. The fourth-order valence-electron chi connectivity index (χ4n) is 3.72. The number of amides is 1. The van der Waals surface area contributed by atoms with Crippen molar-refractivity contribution in [1.82, 2.24) is 9.80 Å². The Labute approximate surface area is 155 Å². The Morgan fingerprint density at radius 1 is 1.12 bits per heavy atom. The summed E-state index contributed by atoms with van der Waals surface area (Å²) in [7, 11) is 1.37. The molecule has 0 aliphatic carbocycles. The highest BCUT2D eigenvalue weighted by atomic mass is 16.5. The molecule has 6 heteroatoms. The molecule has 0 radical (unpaired) electrons. The topological polar surface area (TPSA) is 59.1 Å². The molecular formula is C20H28N2O4. The molecule has 26 heavy (non-hydrogen) atoms. The molecule has 2 saturated heterocycles. The average molecular weight is 360 g/mol. The van der Waals surface area contributed by atoms with Crippen LogP contribution in [0.3, 0.4) is 0 Å². The lowest BCUT2D eigenvalue weighted by Gasteiger charge is -2.33. The maximum atomic E-state index is 12.5. The van der Waals surface area contributed by atoms with Crippen LogP contribution in [0.15, 0.2) is 24.3 Å². The van der Waals surface area contributed by atoms with Gasteiger partial charge in [-0.15, -0.1) is 0 Å². The van der Waals surface area contributed by atoms with Crippen molar-refractivity contribution in [1.29, 1.82) is 0 Å². The third kappa shape index (κ3) is 4.75. The maximum Gasteiger partial charge on any atom is 0.337 e. The molecule has 2 aliphatic rings. The molecule has 0 atom stereocenters. The normalized spacial score (nSPS) is 18.7. The molecule has 0 N–H and O–H groups in total. The van der Waals surface area contributed by atoms with Crippen molar-refractivity contribution >= 4 is 11.9 Å². The van der Waals surface area contributed by atoms with E-state index in [1.807, 2.05) is 11.0 Å². The van der Waals surface area contributed by atoms with E-state index in [0.29, 0.717) is 23.8 Å². The van der Waals surface area contributed by atoms with E-state index in [1.54, 1.807) is 18.2 Å². The number of carbonyl (C=O) groups is 2. The standard InChI is InChI=1S/C20H28N2O4/c1-25-20(24)17-5-4-6-18(15-17)26-14-13-21-11-7-16(8-12-21)19(23)22-9-2-3-10-22/h4-6,15-16H,2-3,7-14H2,1H3. The number of carbonyl (C=O) groups excluding carboxylic acids is 2. The van der Waals surface area contributed by atoms with Crippen LogP contribution in [0, 0.1) is 5.92 Å². The van der Waals surface area contributed by atoms with Crippen LogP contribution >= 0.6 is 0 Å². The van der Waals surface area contributed by atoms with E-state index in [4.69, 9.17) is 9.47 Å². The molecule has 142 valence electrons. The summed E-state index contributed by atoms with van der Waals surface area (Å²) < 4.78 is 10.5. The number of nitrogens with zero attached hydrogens (tertiary/aromatic N) is 2. The Morgan fingerprint density at radius 2 is 1.85 bits per heavy atom. The second-order valence-corrected chi connectivity index (χ2v) is 7.02. The van der Waals surface area contributed by atoms with Gasteiger partial charge >= 0.3 is 5.97 Å². The van der Waals surface area contributed by atoms with Gasteiger partial charge in [0.05, 0.1) is 12.7 Å².